The highest BCUT2D eigenvalue weighted by atomic mass is 16.5. The predicted molar refractivity (Wildman–Crippen MR) is 79.6 cm³/mol. The zero-order valence-electron chi connectivity index (χ0n) is 12.6. The maximum Gasteiger partial charge on any atom is 0.124 e. The second-order valence-electron chi connectivity index (χ2n) is 5.32. The molecule has 108 valence electrons. The molecule has 0 aliphatic carbocycles. The molecule has 0 fully saturated rings. The molecule has 0 saturated carbocycles. The van der Waals surface area contributed by atoms with Crippen LogP contribution < -0.4 is 10.1 Å². The molecule has 0 saturated heterocycles. The molecule has 0 heterocycles. The Bertz CT molecular complexity index is 379. The summed E-state index contributed by atoms with van der Waals surface area (Å²) in [5, 5.41) is 12.5. The van der Waals surface area contributed by atoms with Crippen LogP contribution in [0.4, 0.5) is 0 Å². The second-order valence-corrected chi connectivity index (χ2v) is 5.32. The lowest BCUT2D eigenvalue weighted by atomic mass is 10.0. The summed E-state index contributed by atoms with van der Waals surface area (Å²) in [5.41, 5.74) is 2.43. The first-order valence-corrected chi connectivity index (χ1v) is 7.16. The molecule has 0 amide bonds. The second kappa shape index (κ2) is 8.18. The summed E-state index contributed by atoms with van der Waals surface area (Å²) < 4.78 is 5.85. The van der Waals surface area contributed by atoms with E-state index in [-0.39, 0.29) is 18.6 Å². The lowest BCUT2D eigenvalue weighted by Gasteiger charge is -2.20. The third-order valence-corrected chi connectivity index (χ3v) is 3.17. The van der Waals surface area contributed by atoms with Crippen molar-refractivity contribution in [1.82, 2.24) is 5.32 Å². The van der Waals surface area contributed by atoms with Crippen molar-refractivity contribution in [3.8, 4) is 5.75 Å². The molecule has 2 unspecified atom stereocenters. The van der Waals surface area contributed by atoms with Crippen molar-refractivity contribution < 1.29 is 9.84 Å². The smallest absolute Gasteiger partial charge is 0.124 e. The SMILES string of the molecule is CCCNC(C)c1cc(C)ccc1OCC(C)CO. The highest BCUT2D eigenvalue weighted by Crippen LogP contribution is 2.26. The maximum absolute atomic E-state index is 9.06. The van der Waals surface area contributed by atoms with Crippen molar-refractivity contribution in [2.45, 2.75) is 40.2 Å². The Morgan fingerprint density at radius 2 is 2.05 bits per heavy atom. The highest BCUT2D eigenvalue weighted by molar-refractivity contribution is 5.39. The van der Waals surface area contributed by atoms with E-state index in [9.17, 15) is 0 Å². The number of aliphatic hydroxyl groups is 1. The van der Waals surface area contributed by atoms with E-state index < -0.39 is 0 Å². The number of aryl methyl sites for hydroxylation is 1. The topological polar surface area (TPSA) is 41.5 Å². The number of hydrogen-bond acceptors (Lipinski definition) is 3. The number of benzene rings is 1. The summed E-state index contributed by atoms with van der Waals surface area (Å²) in [4.78, 5) is 0. The molecule has 1 rings (SSSR count). The minimum atomic E-state index is 0.158. The third-order valence-electron chi connectivity index (χ3n) is 3.17. The molecule has 0 spiro atoms. The summed E-state index contributed by atoms with van der Waals surface area (Å²) in [6.45, 7) is 10.1. The molecule has 1 aromatic carbocycles. The van der Waals surface area contributed by atoms with Crippen LogP contribution >= 0.6 is 0 Å². The van der Waals surface area contributed by atoms with Gasteiger partial charge in [0.1, 0.15) is 5.75 Å². The fourth-order valence-corrected chi connectivity index (χ4v) is 1.89. The number of rotatable bonds is 8. The fourth-order valence-electron chi connectivity index (χ4n) is 1.89. The molecule has 0 radical (unpaired) electrons. The van der Waals surface area contributed by atoms with E-state index in [0.717, 1.165) is 18.7 Å². The Morgan fingerprint density at radius 3 is 2.68 bits per heavy atom. The molecule has 2 atom stereocenters. The summed E-state index contributed by atoms with van der Waals surface area (Å²) in [7, 11) is 0. The molecular formula is C16H27NO2. The minimum absolute atomic E-state index is 0.158. The predicted octanol–water partition coefficient (Wildman–Crippen LogP) is 3.06. The van der Waals surface area contributed by atoms with Crippen molar-refractivity contribution in [3.63, 3.8) is 0 Å². The molecule has 0 bridgehead atoms. The zero-order chi connectivity index (χ0) is 14.3. The quantitative estimate of drug-likeness (QED) is 0.759. The van der Waals surface area contributed by atoms with Gasteiger partial charge in [0.2, 0.25) is 0 Å². The molecule has 1 aromatic rings. The van der Waals surface area contributed by atoms with Crippen LogP contribution in [0.2, 0.25) is 0 Å². The Hall–Kier alpha value is -1.06. The van der Waals surface area contributed by atoms with Gasteiger partial charge in [0.05, 0.1) is 6.61 Å². The molecular weight excluding hydrogens is 238 g/mol. The lowest BCUT2D eigenvalue weighted by Crippen LogP contribution is -2.21. The van der Waals surface area contributed by atoms with Gasteiger partial charge in [-0.2, -0.15) is 0 Å². The van der Waals surface area contributed by atoms with Crippen LogP contribution in [0.3, 0.4) is 0 Å². The van der Waals surface area contributed by atoms with Crippen LogP contribution in [0.25, 0.3) is 0 Å². The monoisotopic (exact) mass is 265 g/mol. The summed E-state index contributed by atoms with van der Waals surface area (Å²) >= 11 is 0. The van der Waals surface area contributed by atoms with Gasteiger partial charge in [-0.15, -0.1) is 0 Å². The van der Waals surface area contributed by atoms with Crippen LogP contribution in [0.5, 0.6) is 5.75 Å². The van der Waals surface area contributed by atoms with E-state index in [0.29, 0.717) is 6.61 Å². The standard InChI is InChI=1S/C16H27NO2/c1-5-8-17-14(4)15-9-12(2)6-7-16(15)19-11-13(3)10-18/h6-7,9,13-14,17-18H,5,8,10-11H2,1-4H3. The van der Waals surface area contributed by atoms with Crippen molar-refractivity contribution in [2.75, 3.05) is 19.8 Å². The fraction of sp³-hybridized carbons (Fsp3) is 0.625. The molecule has 19 heavy (non-hydrogen) atoms. The Balaban J connectivity index is 2.78. The summed E-state index contributed by atoms with van der Waals surface area (Å²) in [6, 6.07) is 6.54. The third kappa shape index (κ3) is 5.21. The van der Waals surface area contributed by atoms with E-state index in [2.05, 4.69) is 38.2 Å². The van der Waals surface area contributed by atoms with E-state index in [4.69, 9.17) is 9.84 Å². The minimum Gasteiger partial charge on any atom is -0.493 e. The first-order chi connectivity index (χ1) is 9.08. The largest absolute Gasteiger partial charge is 0.493 e. The number of ether oxygens (including phenoxy) is 1. The van der Waals surface area contributed by atoms with Crippen molar-refractivity contribution in [2.24, 2.45) is 5.92 Å². The van der Waals surface area contributed by atoms with Crippen molar-refractivity contribution in [3.05, 3.63) is 29.3 Å². The van der Waals surface area contributed by atoms with Gasteiger partial charge in [0.15, 0.2) is 0 Å². The van der Waals surface area contributed by atoms with E-state index in [1.54, 1.807) is 0 Å². The first kappa shape index (κ1) is 16.0. The van der Waals surface area contributed by atoms with Crippen LogP contribution in [-0.2, 0) is 0 Å². The van der Waals surface area contributed by atoms with E-state index >= 15 is 0 Å². The van der Waals surface area contributed by atoms with Gasteiger partial charge < -0.3 is 15.2 Å². The van der Waals surface area contributed by atoms with Gasteiger partial charge in [-0.25, -0.2) is 0 Å². The zero-order valence-corrected chi connectivity index (χ0v) is 12.6. The van der Waals surface area contributed by atoms with E-state index in [1.165, 1.54) is 11.1 Å². The summed E-state index contributed by atoms with van der Waals surface area (Å²) in [6.07, 6.45) is 1.12. The van der Waals surface area contributed by atoms with Gasteiger partial charge in [-0.1, -0.05) is 31.5 Å². The van der Waals surface area contributed by atoms with Gasteiger partial charge in [-0.3, -0.25) is 0 Å². The maximum atomic E-state index is 9.06. The molecule has 3 nitrogen and oxygen atoms in total. The average Bonchev–Trinajstić information content (AvgIpc) is 2.42. The van der Waals surface area contributed by atoms with Crippen LogP contribution in [0, 0.1) is 12.8 Å². The molecule has 0 aliphatic rings. The highest BCUT2D eigenvalue weighted by Gasteiger charge is 2.12. The van der Waals surface area contributed by atoms with Gasteiger partial charge in [0.25, 0.3) is 0 Å². The number of aliphatic hydroxyl groups excluding tert-OH is 1. The molecule has 0 aliphatic heterocycles. The van der Waals surface area contributed by atoms with Gasteiger partial charge in [-0.05, 0) is 32.9 Å². The van der Waals surface area contributed by atoms with Crippen LogP contribution in [0.1, 0.15) is 44.4 Å². The van der Waals surface area contributed by atoms with Crippen molar-refractivity contribution in [1.29, 1.82) is 0 Å². The van der Waals surface area contributed by atoms with Crippen LogP contribution in [-0.4, -0.2) is 24.9 Å². The Labute approximate surface area is 117 Å². The first-order valence-electron chi connectivity index (χ1n) is 7.16. The Kier molecular flexibility index (Phi) is 6.89. The molecule has 2 N–H and O–H groups in total. The average molecular weight is 265 g/mol. The van der Waals surface area contributed by atoms with Gasteiger partial charge >= 0.3 is 0 Å². The molecule has 3 heteroatoms. The number of hydrogen-bond donors (Lipinski definition) is 2. The van der Waals surface area contributed by atoms with E-state index in [1.807, 2.05) is 13.0 Å². The normalized spacial score (nSPS) is 14.2. The molecule has 0 aromatic heterocycles. The number of nitrogens with one attached hydrogen (secondary N) is 1. The lowest BCUT2D eigenvalue weighted by molar-refractivity contribution is 0.173. The van der Waals surface area contributed by atoms with Crippen LogP contribution in [0.15, 0.2) is 18.2 Å². The Morgan fingerprint density at radius 1 is 1.32 bits per heavy atom. The summed E-state index contributed by atoms with van der Waals surface area (Å²) in [5.74, 6) is 1.08. The van der Waals surface area contributed by atoms with Crippen molar-refractivity contribution >= 4 is 0 Å². The van der Waals surface area contributed by atoms with Gasteiger partial charge in [0, 0.05) is 24.1 Å².